The van der Waals surface area contributed by atoms with Gasteiger partial charge in [-0.15, -0.1) is 10.1 Å². The second-order valence-electron chi connectivity index (χ2n) is 11.4. The van der Waals surface area contributed by atoms with Crippen LogP contribution in [0.2, 0.25) is 0 Å². The molecule has 46 heavy (non-hydrogen) atoms. The average molecular weight is 624 g/mol. The lowest BCUT2D eigenvalue weighted by molar-refractivity contribution is -0.763. The number of aromatic nitrogens is 2. The largest absolute Gasteiger partial charge is 0.423 e. The third kappa shape index (κ3) is 7.86. The maximum atomic E-state index is 13.5. The highest BCUT2D eigenvalue weighted by atomic mass is 19.1. The standard InChI is InChI=1S/C35H34FN5O5/c36-29-13-7-26(8-14-29)23-40-33-4-2-1-3-32(33)38-35(40)37-30-18-21-39(22-19-30)20-17-25-9-15-31(16-10-25)46-34(42)28-11-5-27(6-12-28)24-45-41(43)44/h1-16,30H,17-24H2,(H,37,38). The lowest BCUT2D eigenvalue weighted by atomic mass is 10.0. The molecule has 236 valence electrons. The number of anilines is 1. The molecule has 1 aromatic heterocycles. The molecule has 0 atom stereocenters. The molecule has 5 aromatic rings. The van der Waals surface area contributed by atoms with Crippen LogP contribution in [0.25, 0.3) is 11.0 Å². The van der Waals surface area contributed by atoms with Crippen LogP contribution in [0.15, 0.2) is 97.1 Å². The van der Waals surface area contributed by atoms with Crippen molar-refractivity contribution in [3.63, 3.8) is 0 Å². The van der Waals surface area contributed by atoms with Gasteiger partial charge in [0.05, 0.1) is 23.1 Å². The number of halogens is 1. The van der Waals surface area contributed by atoms with Crippen LogP contribution in [-0.2, 0) is 24.4 Å². The molecule has 0 unspecified atom stereocenters. The average Bonchev–Trinajstić information content (AvgIpc) is 3.41. The number of esters is 1. The minimum absolute atomic E-state index is 0.178. The fourth-order valence-corrected chi connectivity index (χ4v) is 5.64. The number of para-hydroxylation sites is 2. The molecule has 0 saturated carbocycles. The lowest BCUT2D eigenvalue weighted by Crippen LogP contribution is -2.40. The van der Waals surface area contributed by atoms with Gasteiger partial charge in [0, 0.05) is 25.7 Å². The third-order valence-electron chi connectivity index (χ3n) is 8.21. The number of hydrogen-bond donors (Lipinski definition) is 1. The van der Waals surface area contributed by atoms with Crippen molar-refractivity contribution in [1.82, 2.24) is 14.5 Å². The number of likely N-dealkylation sites (tertiary alicyclic amines) is 1. The topological polar surface area (TPSA) is 112 Å². The molecule has 11 heteroatoms. The van der Waals surface area contributed by atoms with E-state index in [9.17, 15) is 19.3 Å². The van der Waals surface area contributed by atoms with E-state index in [1.807, 2.05) is 42.5 Å². The van der Waals surface area contributed by atoms with Gasteiger partial charge in [0.1, 0.15) is 18.2 Å². The van der Waals surface area contributed by atoms with Crippen LogP contribution in [0.5, 0.6) is 5.75 Å². The minimum atomic E-state index is -0.855. The first kappa shape index (κ1) is 30.7. The molecule has 0 bridgehead atoms. The fraction of sp³-hybridized carbons (Fsp3) is 0.257. The zero-order valence-corrected chi connectivity index (χ0v) is 25.2. The number of imidazole rings is 1. The predicted molar refractivity (Wildman–Crippen MR) is 172 cm³/mol. The fourth-order valence-electron chi connectivity index (χ4n) is 5.64. The van der Waals surface area contributed by atoms with Crippen molar-refractivity contribution in [2.24, 2.45) is 0 Å². The van der Waals surface area contributed by atoms with E-state index in [2.05, 4.69) is 25.7 Å². The highest BCUT2D eigenvalue weighted by Gasteiger charge is 2.21. The van der Waals surface area contributed by atoms with E-state index in [1.54, 1.807) is 36.4 Å². The van der Waals surface area contributed by atoms with Crippen molar-refractivity contribution >= 4 is 23.0 Å². The number of hydrogen-bond acceptors (Lipinski definition) is 8. The first-order chi connectivity index (χ1) is 22.4. The molecule has 2 heterocycles. The second-order valence-corrected chi connectivity index (χ2v) is 11.4. The molecule has 0 radical (unpaired) electrons. The Bertz CT molecular complexity index is 1780. The molecule has 0 aliphatic carbocycles. The molecule has 4 aromatic carbocycles. The predicted octanol–water partition coefficient (Wildman–Crippen LogP) is 6.27. The number of ether oxygens (including phenoxy) is 1. The monoisotopic (exact) mass is 623 g/mol. The molecular weight excluding hydrogens is 589 g/mol. The van der Waals surface area contributed by atoms with Crippen molar-refractivity contribution in [1.29, 1.82) is 0 Å². The van der Waals surface area contributed by atoms with Gasteiger partial charge in [-0.3, -0.25) is 0 Å². The summed E-state index contributed by atoms with van der Waals surface area (Å²) in [6, 6.07) is 28.8. The quantitative estimate of drug-likeness (QED) is 0.0749. The number of nitrogens with one attached hydrogen (secondary N) is 1. The number of piperidine rings is 1. The Morgan fingerprint density at radius 3 is 2.30 bits per heavy atom. The van der Waals surface area contributed by atoms with Gasteiger partial charge >= 0.3 is 5.97 Å². The Balaban J connectivity index is 0.973. The van der Waals surface area contributed by atoms with Gasteiger partial charge in [-0.2, -0.15) is 0 Å². The molecule has 1 saturated heterocycles. The van der Waals surface area contributed by atoms with Crippen LogP contribution in [-0.4, -0.2) is 51.2 Å². The molecule has 6 rings (SSSR count). The number of carbonyl (C=O) groups is 1. The van der Waals surface area contributed by atoms with E-state index >= 15 is 0 Å². The van der Waals surface area contributed by atoms with E-state index in [0.717, 1.165) is 67.0 Å². The maximum Gasteiger partial charge on any atom is 0.343 e. The smallest absolute Gasteiger partial charge is 0.343 e. The Labute approximate surface area is 265 Å². The third-order valence-corrected chi connectivity index (χ3v) is 8.21. The van der Waals surface area contributed by atoms with Crippen molar-refractivity contribution in [2.45, 2.75) is 38.5 Å². The van der Waals surface area contributed by atoms with Gasteiger partial charge in [0.25, 0.3) is 5.09 Å². The number of nitrogens with zero attached hydrogens (tertiary/aromatic N) is 4. The summed E-state index contributed by atoms with van der Waals surface area (Å²) in [5.41, 5.74) is 5.08. The van der Waals surface area contributed by atoms with Crippen LogP contribution < -0.4 is 10.1 Å². The number of fused-ring (bicyclic) bond motifs is 1. The molecule has 1 aliphatic rings. The summed E-state index contributed by atoms with van der Waals surface area (Å²) in [5, 5.41) is 13.2. The van der Waals surface area contributed by atoms with E-state index in [1.165, 1.54) is 12.1 Å². The summed E-state index contributed by atoms with van der Waals surface area (Å²) >= 11 is 0. The van der Waals surface area contributed by atoms with Crippen LogP contribution in [0.1, 0.15) is 39.9 Å². The highest BCUT2D eigenvalue weighted by Crippen LogP contribution is 2.24. The Morgan fingerprint density at radius 1 is 0.913 bits per heavy atom. The first-order valence-electron chi connectivity index (χ1n) is 15.3. The van der Waals surface area contributed by atoms with Crippen LogP contribution in [0.4, 0.5) is 10.3 Å². The van der Waals surface area contributed by atoms with E-state index in [-0.39, 0.29) is 12.4 Å². The normalized spacial score (nSPS) is 13.8. The van der Waals surface area contributed by atoms with Gasteiger partial charge < -0.3 is 24.4 Å². The van der Waals surface area contributed by atoms with E-state index in [0.29, 0.717) is 29.5 Å². The van der Waals surface area contributed by atoms with Crippen LogP contribution in [0.3, 0.4) is 0 Å². The molecule has 1 fully saturated rings. The van der Waals surface area contributed by atoms with Gasteiger partial charge in [-0.25, -0.2) is 14.2 Å². The van der Waals surface area contributed by atoms with Crippen LogP contribution >= 0.6 is 0 Å². The molecule has 10 nitrogen and oxygen atoms in total. The molecule has 0 spiro atoms. The SMILES string of the molecule is O=C(Oc1ccc(CCN2CCC(Nc3nc4ccccc4n3Cc3ccc(F)cc3)CC2)cc1)c1ccc(CO[N+](=O)[O-])cc1. The molecule has 1 aliphatic heterocycles. The lowest BCUT2D eigenvalue weighted by Gasteiger charge is -2.32. The summed E-state index contributed by atoms with van der Waals surface area (Å²) in [5.74, 6) is 0.543. The molecule has 0 amide bonds. The number of carbonyl (C=O) groups excluding carboxylic acids is 1. The number of rotatable bonds is 12. The Kier molecular flexibility index (Phi) is 9.49. The Hall–Kier alpha value is -5.29. The number of benzene rings is 4. The molecular formula is C35H34FN5O5. The highest BCUT2D eigenvalue weighted by molar-refractivity contribution is 5.91. The van der Waals surface area contributed by atoms with E-state index in [4.69, 9.17) is 9.72 Å². The van der Waals surface area contributed by atoms with Gasteiger partial charge in [0.15, 0.2) is 0 Å². The second kappa shape index (κ2) is 14.2. The first-order valence-corrected chi connectivity index (χ1v) is 15.3. The summed E-state index contributed by atoms with van der Waals surface area (Å²) in [7, 11) is 0. The van der Waals surface area contributed by atoms with Gasteiger partial charge in [0.2, 0.25) is 5.95 Å². The van der Waals surface area contributed by atoms with E-state index < -0.39 is 11.1 Å². The van der Waals surface area contributed by atoms with Crippen molar-refractivity contribution < 1.29 is 23.8 Å². The molecule has 1 N–H and O–H groups in total. The Morgan fingerprint density at radius 2 is 1.59 bits per heavy atom. The minimum Gasteiger partial charge on any atom is -0.423 e. The summed E-state index contributed by atoms with van der Waals surface area (Å²) in [6.45, 7) is 3.31. The summed E-state index contributed by atoms with van der Waals surface area (Å²) in [6.07, 6.45) is 2.88. The maximum absolute atomic E-state index is 13.5. The summed E-state index contributed by atoms with van der Waals surface area (Å²) < 4.78 is 21.1. The summed E-state index contributed by atoms with van der Waals surface area (Å²) in [4.78, 5) is 34.5. The zero-order chi connectivity index (χ0) is 31.9. The van der Waals surface area contributed by atoms with Gasteiger partial charge in [-0.1, -0.05) is 48.5 Å². The van der Waals surface area contributed by atoms with Crippen molar-refractivity contribution in [3.8, 4) is 5.75 Å². The van der Waals surface area contributed by atoms with Crippen LogP contribution in [0, 0.1) is 15.9 Å². The zero-order valence-electron chi connectivity index (χ0n) is 25.2. The van der Waals surface area contributed by atoms with Crippen molar-refractivity contribution in [3.05, 3.63) is 135 Å². The van der Waals surface area contributed by atoms with Crippen molar-refractivity contribution in [2.75, 3.05) is 25.0 Å². The van der Waals surface area contributed by atoms with Gasteiger partial charge in [-0.05, 0) is 84.5 Å².